The van der Waals surface area contributed by atoms with Crippen LogP contribution in [0, 0.1) is 13.8 Å². The van der Waals surface area contributed by atoms with Gasteiger partial charge in [-0.2, -0.15) is 0 Å². The quantitative estimate of drug-likeness (QED) is 0.413. The monoisotopic (exact) mass is 530 g/mol. The van der Waals surface area contributed by atoms with Crippen LogP contribution in [0.5, 0.6) is 17.2 Å². The van der Waals surface area contributed by atoms with E-state index >= 15 is 0 Å². The third kappa shape index (κ3) is 5.56. The van der Waals surface area contributed by atoms with Crippen molar-refractivity contribution >= 4 is 27.3 Å². The van der Waals surface area contributed by atoms with Gasteiger partial charge in [0, 0.05) is 30.8 Å². The van der Waals surface area contributed by atoms with Crippen LogP contribution in [0.2, 0.25) is 5.02 Å². The molecule has 0 spiro atoms. The van der Waals surface area contributed by atoms with Crippen molar-refractivity contribution in [2.24, 2.45) is 0 Å². The van der Waals surface area contributed by atoms with Crippen molar-refractivity contribution in [3.63, 3.8) is 0 Å². The first-order chi connectivity index (χ1) is 17.1. The topological polar surface area (TPSA) is 77.1 Å². The van der Waals surface area contributed by atoms with Gasteiger partial charge < -0.3 is 19.1 Å². The molecular weight excluding hydrogens is 500 g/mol. The summed E-state index contributed by atoms with van der Waals surface area (Å²) in [7, 11) is 0.995. The molecule has 1 aliphatic heterocycles. The van der Waals surface area contributed by atoms with Crippen LogP contribution >= 0.6 is 11.6 Å². The molecule has 0 aromatic heterocycles. The molecule has 1 fully saturated rings. The van der Waals surface area contributed by atoms with E-state index in [-0.39, 0.29) is 11.0 Å². The molecule has 1 heterocycles. The summed E-state index contributed by atoms with van der Waals surface area (Å²) in [6, 6.07) is 13.9. The van der Waals surface area contributed by atoms with E-state index in [0.717, 1.165) is 36.2 Å². The Hall–Kier alpha value is -2.94. The molecule has 1 saturated heterocycles. The highest BCUT2D eigenvalue weighted by Gasteiger charge is 2.25. The number of methoxy groups -OCH3 is 2. The SMILES string of the molecule is COc1cc(-c2ccc(C)c(C)c2)c(S(=O)(=O)Nc2ccc(Cl)c(O[C@@H]3CCN(C)C3)c2)cc1OC. The highest BCUT2D eigenvalue weighted by molar-refractivity contribution is 7.92. The minimum Gasteiger partial charge on any atom is -0.493 e. The number of rotatable bonds is 8. The molecule has 3 aromatic carbocycles. The number of benzene rings is 3. The van der Waals surface area contributed by atoms with E-state index in [1.54, 1.807) is 24.3 Å². The third-order valence-corrected chi connectivity index (χ3v) is 8.15. The van der Waals surface area contributed by atoms with Gasteiger partial charge in [0.1, 0.15) is 11.9 Å². The fraction of sp³-hybridized carbons (Fsp3) is 0.333. The minimum absolute atomic E-state index is 0.00147. The molecule has 0 amide bonds. The summed E-state index contributed by atoms with van der Waals surface area (Å²) >= 11 is 6.36. The molecule has 4 rings (SSSR count). The Kier molecular flexibility index (Phi) is 7.68. The number of likely N-dealkylation sites (tertiary alicyclic amines) is 1. The second kappa shape index (κ2) is 10.6. The molecule has 0 saturated carbocycles. The Morgan fingerprint density at radius 1 is 0.944 bits per heavy atom. The summed E-state index contributed by atoms with van der Waals surface area (Å²) in [5, 5.41) is 0.425. The van der Waals surface area contributed by atoms with Crippen molar-refractivity contribution in [3.8, 4) is 28.4 Å². The second-order valence-corrected chi connectivity index (χ2v) is 11.1. The van der Waals surface area contributed by atoms with Crippen molar-refractivity contribution in [3.05, 3.63) is 64.7 Å². The van der Waals surface area contributed by atoms with Crippen LogP contribution in [0.3, 0.4) is 0 Å². The lowest BCUT2D eigenvalue weighted by atomic mass is 10.00. The smallest absolute Gasteiger partial charge is 0.262 e. The van der Waals surface area contributed by atoms with Crippen LogP contribution < -0.4 is 18.9 Å². The van der Waals surface area contributed by atoms with Crippen LogP contribution in [0.4, 0.5) is 5.69 Å². The molecule has 0 aliphatic carbocycles. The maximum Gasteiger partial charge on any atom is 0.262 e. The highest BCUT2D eigenvalue weighted by atomic mass is 35.5. The Morgan fingerprint density at radius 2 is 1.67 bits per heavy atom. The summed E-state index contributed by atoms with van der Waals surface area (Å²) in [5.41, 5.74) is 3.77. The van der Waals surface area contributed by atoms with Gasteiger partial charge in [0.05, 0.1) is 29.8 Å². The van der Waals surface area contributed by atoms with E-state index in [1.165, 1.54) is 20.3 Å². The van der Waals surface area contributed by atoms with Gasteiger partial charge in [0.25, 0.3) is 10.0 Å². The maximum absolute atomic E-state index is 13.7. The van der Waals surface area contributed by atoms with Gasteiger partial charge in [0.15, 0.2) is 11.5 Å². The lowest BCUT2D eigenvalue weighted by Gasteiger charge is -2.18. The molecule has 7 nitrogen and oxygen atoms in total. The van der Waals surface area contributed by atoms with Gasteiger partial charge in [-0.25, -0.2) is 8.42 Å². The standard InChI is InChI=1S/C27H31ClN2O5S/c1-17-6-7-19(12-18(17)2)22-14-25(33-4)26(34-5)15-27(22)36(31,32)29-20-8-9-23(28)24(13-20)35-21-10-11-30(3)16-21/h6-9,12-15,21,29H,10-11,16H2,1-5H3/t21-/m1/s1. The molecule has 0 radical (unpaired) electrons. The van der Waals surface area contributed by atoms with Crippen molar-refractivity contribution in [1.29, 1.82) is 0 Å². The number of halogens is 1. The number of ether oxygens (including phenoxy) is 3. The van der Waals surface area contributed by atoms with Crippen molar-refractivity contribution in [2.75, 3.05) is 39.1 Å². The average molecular weight is 531 g/mol. The summed E-state index contributed by atoms with van der Waals surface area (Å²) in [6.07, 6.45) is 0.884. The van der Waals surface area contributed by atoms with Gasteiger partial charge >= 0.3 is 0 Å². The molecule has 1 N–H and O–H groups in total. The van der Waals surface area contributed by atoms with Crippen LogP contribution in [-0.4, -0.2) is 53.8 Å². The number of hydrogen-bond donors (Lipinski definition) is 1. The summed E-state index contributed by atoms with van der Waals surface area (Å²) in [5.74, 6) is 1.20. The van der Waals surface area contributed by atoms with E-state index in [2.05, 4.69) is 9.62 Å². The van der Waals surface area contributed by atoms with Gasteiger partial charge in [-0.05, 0) is 62.2 Å². The molecule has 36 heavy (non-hydrogen) atoms. The van der Waals surface area contributed by atoms with Crippen molar-refractivity contribution < 1.29 is 22.6 Å². The minimum atomic E-state index is -4.03. The zero-order valence-corrected chi connectivity index (χ0v) is 22.7. The van der Waals surface area contributed by atoms with Crippen molar-refractivity contribution in [1.82, 2.24) is 4.90 Å². The number of nitrogens with one attached hydrogen (secondary N) is 1. The van der Waals surface area contributed by atoms with E-state index in [0.29, 0.717) is 33.5 Å². The van der Waals surface area contributed by atoms with Gasteiger partial charge in [-0.15, -0.1) is 0 Å². The Bertz CT molecular complexity index is 1380. The predicted molar refractivity (Wildman–Crippen MR) is 143 cm³/mol. The number of anilines is 1. The van der Waals surface area contributed by atoms with E-state index < -0.39 is 10.0 Å². The molecule has 192 valence electrons. The Balaban J connectivity index is 1.73. The number of aryl methyl sites for hydroxylation is 2. The van der Waals surface area contributed by atoms with E-state index in [9.17, 15) is 8.42 Å². The van der Waals surface area contributed by atoms with Crippen LogP contribution in [0.25, 0.3) is 11.1 Å². The normalized spacial score (nSPS) is 16.1. The first-order valence-electron chi connectivity index (χ1n) is 11.6. The first kappa shape index (κ1) is 26.1. The lowest BCUT2D eigenvalue weighted by Crippen LogP contribution is -2.21. The highest BCUT2D eigenvalue weighted by Crippen LogP contribution is 2.39. The molecule has 1 atom stereocenters. The molecular formula is C27H31ClN2O5S. The second-order valence-electron chi connectivity index (χ2n) is 9.04. The summed E-state index contributed by atoms with van der Waals surface area (Å²) < 4.78 is 47.1. The fourth-order valence-corrected chi connectivity index (χ4v) is 5.69. The number of nitrogens with zero attached hydrogens (tertiary/aromatic N) is 1. The Morgan fingerprint density at radius 3 is 2.31 bits per heavy atom. The van der Waals surface area contributed by atoms with E-state index in [1.807, 2.05) is 39.1 Å². The molecule has 3 aromatic rings. The summed E-state index contributed by atoms with van der Waals surface area (Å²) in [4.78, 5) is 2.24. The van der Waals surface area contributed by atoms with Crippen LogP contribution in [-0.2, 0) is 10.0 Å². The molecule has 1 aliphatic rings. The maximum atomic E-state index is 13.7. The zero-order chi connectivity index (χ0) is 26.0. The summed E-state index contributed by atoms with van der Waals surface area (Å²) in [6.45, 7) is 5.73. The zero-order valence-electron chi connectivity index (χ0n) is 21.1. The lowest BCUT2D eigenvalue weighted by molar-refractivity contribution is 0.208. The van der Waals surface area contributed by atoms with Gasteiger partial charge in [-0.3, -0.25) is 4.72 Å². The van der Waals surface area contributed by atoms with Crippen LogP contribution in [0.1, 0.15) is 17.5 Å². The van der Waals surface area contributed by atoms with Crippen molar-refractivity contribution in [2.45, 2.75) is 31.3 Å². The number of likely N-dealkylation sites (N-methyl/N-ethyl adjacent to an activating group) is 1. The largest absolute Gasteiger partial charge is 0.493 e. The molecule has 9 heteroatoms. The number of sulfonamides is 1. The molecule has 0 bridgehead atoms. The van der Waals surface area contributed by atoms with Crippen LogP contribution in [0.15, 0.2) is 53.4 Å². The van der Waals surface area contributed by atoms with E-state index in [4.69, 9.17) is 25.8 Å². The fourth-order valence-electron chi connectivity index (χ4n) is 4.25. The van der Waals surface area contributed by atoms with Gasteiger partial charge in [-0.1, -0.05) is 29.8 Å². The number of hydrogen-bond acceptors (Lipinski definition) is 6. The Labute approximate surface area is 218 Å². The van der Waals surface area contributed by atoms with Gasteiger partial charge in [0.2, 0.25) is 0 Å². The average Bonchev–Trinajstić information content (AvgIpc) is 3.26. The molecule has 0 unspecified atom stereocenters. The third-order valence-electron chi connectivity index (χ3n) is 6.42. The first-order valence-corrected chi connectivity index (χ1v) is 13.5. The predicted octanol–water partition coefficient (Wildman–Crippen LogP) is 5.52.